The molecule has 0 aromatic carbocycles. The molecule has 4 heteroatoms. The van der Waals surface area contributed by atoms with Gasteiger partial charge in [-0.05, 0) is 24.9 Å². The summed E-state index contributed by atoms with van der Waals surface area (Å²) in [6.07, 6.45) is 3.55. The lowest BCUT2D eigenvalue weighted by Gasteiger charge is -2.25. The first-order valence-electron chi connectivity index (χ1n) is 5.24. The number of unbranched alkanes of at least 4 members (excludes halogenated alkanes) is 1. The Balaban J connectivity index is 3.73. The summed E-state index contributed by atoms with van der Waals surface area (Å²) in [5.41, 5.74) is 0. The quantitative estimate of drug-likeness (QED) is 0.367. The SMILES string of the molecule is CO[Si](C)(CC(C)CCCCCl)OC. The van der Waals surface area contributed by atoms with E-state index in [0.717, 1.165) is 18.3 Å². The Labute approximate surface area is 94.2 Å². The van der Waals surface area contributed by atoms with Gasteiger partial charge in [0.05, 0.1) is 0 Å². The first kappa shape index (κ1) is 14.4. The van der Waals surface area contributed by atoms with Gasteiger partial charge in [-0.3, -0.25) is 0 Å². The lowest BCUT2D eigenvalue weighted by atomic mass is 10.1. The van der Waals surface area contributed by atoms with E-state index in [9.17, 15) is 0 Å². The lowest BCUT2D eigenvalue weighted by Crippen LogP contribution is -2.37. The summed E-state index contributed by atoms with van der Waals surface area (Å²) in [4.78, 5) is 0. The maximum absolute atomic E-state index is 5.63. The fourth-order valence-corrected chi connectivity index (χ4v) is 3.73. The highest BCUT2D eigenvalue weighted by Crippen LogP contribution is 2.22. The van der Waals surface area contributed by atoms with Crippen LogP contribution in [-0.2, 0) is 8.85 Å². The van der Waals surface area contributed by atoms with Crippen LogP contribution in [0.1, 0.15) is 26.2 Å². The molecule has 2 nitrogen and oxygen atoms in total. The van der Waals surface area contributed by atoms with Crippen LogP contribution in [-0.4, -0.2) is 28.7 Å². The zero-order valence-electron chi connectivity index (χ0n) is 9.81. The van der Waals surface area contributed by atoms with Crippen molar-refractivity contribution >= 4 is 20.2 Å². The Bertz CT molecular complexity index is 140. The second-order valence-electron chi connectivity index (χ2n) is 4.04. The summed E-state index contributed by atoms with van der Waals surface area (Å²) < 4.78 is 10.9. The summed E-state index contributed by atoms with van der Waals surface area (Å²) >= 11 is 5.63. The second-order valence-corrected chi connectivity index (χ2v) is 7.91. The number of rotatable bonds is 8. The van der Waals surface area contributed by atoms with E-state index in [1.54, 1.807) is 14.2 Å². The Morgan fingerprint density at radius 3 is 2.21 bits per heavy atom. The van der Waals surface area contributed by atoms with Crippen molar-refractivity contribution in [1.29, 1.82) is 0 Å². The largest absolute Gasteiger partial charge is 0.398 e. The van der Waals surface area contributed by atoms with Crippen LogP contribution in [0, 0.1) is 5.92 Å². The molecule has 0 spiro atoms. The molecule has 1 atom stereocenters. The van der Waals surface area contributed by atoms with Crippen molar-refractivity contribution in [2.24, 2.45) is 5.92 Å². The van der Waals surface area contributed by atoms with E-state index in [-0.39, 0.29) is 0 Å². The van der Waals surface area contributed by atoms with Gasteiger partial charge >= 0.3 is 8.56 Å². The molecule has 0 amide bonds. The number of halogens is 1. The van der Waals surface area contributed by atoms with Gasteiger partial charge in [-0.2, -0.15) is 0 Å². The minimum Gasteiger partial charge on any atom is -0.398 e. The maximum atomic E-state index is 5.63. The molecule has 0 saturated heterocycles. The number of hydrogen-bond acceptors (Lipinski definition) is 2. The van der Waals surface area contributed by atoms with Crippen molar-refractivity contribution in [3.63, 3.8) is 0 Å². The molecule has 0 aliphatic rings. The number of alkyl halides is 1. The van der Waals surface area contributed by atoms with Gasteiger partial charge in [0.1, 0.15) is 0 Å². The predicted octanol–water partition coefficient (Wildman–Crippen LogP) is 3.40. The van der Waals surface area contributed by atoms with Crippen LogP contribution in [0.25, 0.3) is 0 Å². The molecule has 0 saturated carbocycles. The average Bonchev–Trinajstić information content (AvgIpc) is 2.18. The smallest absolute Gasteiger partial charge is 0.334 e. The zero-order chi connectivity index (χ0) is 11.0. The van der Waals surface area contributed by atoms with Crippen LogP contribution >= 0.6 is 11.6 Å². The molecule has 0 aromatic heterocycles. The third-order valence-electron chi connectivity index (χ3n) is 2.66. The van der Waals surface area contributed by atoms with E-state index in [2.05, 4.69) is 13.5 Å². The standard InChI is InChI=1S/C10H23ClO2Si/c1-10(7-5-6-8-11)9-14(4,12-2)13-3/h10H,5-9H2,1-4H3. The van der Waals surface area contributed by atoms with Crippen LogP contribution in [0.3, 0.4) is 0 Å². The maximum Gasteiger partial charge on any atom is 0.334 e. The third-order valence-corrected chi connectivity index (χ3v) is 6.10. The van der Waals surface area contributed by atoms with Gasteiger partial charge in [-0.15, -0.1) is 11.6 Å². The normalized spacial score (nSPS) is 14.4. The minimum atomic E-state index is -1.85. The van der Waals surface area contributed by atoms with Crippen molar-refractivity contribution in [3.8, 4) is 0 Å². The molecule has 0 heterocycles. The van der Waals surface area contributed by atoms with Crippen LogP contribution < -0.4 is 0 Å². The Hall–Kier alpha value is 0.427. The lowest BCUT2D eigenvalue weighted by molar-refractivity contribution is 0.241. The predicted molar refractivity (Wildman–Crippen MR) is 64.2 cm³/mol. The molecule has 0 rings (SSSR count). The molecule has 0 N–H and O–H groups in total. The van der Waals surface area contributed by atoms with E-state index in [1.807, 2.05) is 0 Å². The average molecular weight is 239 g/mol. The summed E-state index contributed by atoms with van der Waals surface area (Å²) in [7, 11) is 1.65. The Morgan fingerprint density at radius 1 is 1.21 bits per heavy atom. The molecular weight excluding hydrogens is 216 g/mol. The Kier molecular flexibility index (Phi) is 7.92. The van der Waals surface area contributed by atoms with E-state index in [1.165, 1.54) is 12.8 Å². The Morgan fingerprint density at radius 2 is 1.79 bits per heavy atom. The van der Waals surface area contributed by atoms with Gasteiger partial charge in [0.25, 0.3) is 0 Å². The van der Waals surface area contributed by atoms with Gasteiger partial charge in [-0.25, -0.2) is 0 Å². The van der Waals surface area contributed by atoms with Gasteiger partial charge in [0.2, 0.25) is 0 Å². The van der Waals surface area contributed by atoms with E-state index < -0.39 is 8.56 Å². The minimum absolute atomic E-state index is 0.676. The van der Waals surface area contributed by atoms with Crippen molar-refractivity contribution in [2.75, 3.05) is 20.1 Å². The van der Waals surface area contributed by atoms with Crippen LogP contribution in [0.15, 0.2) is 0 Å². The molecule has 0 aliphatic carbocycles. The van der Waals surface area contributed by atoms with Crippen molar-refractivity contribution in [3.05, 3.63) is 0 Å². The van der Waals surface area contributed by atoms with Gasteiger partial charge in [-0.1, -0.05) is 19.8 Å². The van der Waals surface area contributed by atoms with Gasteiger partial charge in [0, 0.05) is 20.1 Å². The summed E-state index contributed by atoms with van der Waals surface area (Å²) in [6, 6.07) is 1.07. The van der Waals surface area contributed by atoms with Gasteiger partial charge in [0.15, 0.2) is 0 Å². The van der Waals surface area contributed by atoms with Crippen molar-refractivity contribution in [1.82, 2.24) is 0 Å². The highest BCUT2D eigenvalue weighted by atomic mass is 35.5. The molecule has 14 heavy (non-hydrogen) atoms. The monoisotopic (exact) mass is 238 g/mol. The highest BCUT2D eigenvalue weighted by molar-refractivity contribution is 6.65. The molecular formula is C10H23ClO2Si. The third kappa shape index (κ3) is 6.01. The molecule has 86 valence electrons. The fraction of sp³-hybridized carbons (Fsp3) is 1.00. The van der Waals surface area contributed by atoms with Crippen LogP contribution in [0.4, 0.5) is 0 Å². The topological polar surface area (TPSA) is 18.5 Å². The van der Waals surface area contributed by atoms with Crippen LogP contribution in [0.2, 0.25) is 12.6 Å². The summed E-state index contributed by atoms with van der Waals surface area (Å²) in [5.74, 6) is 1.45. The molecule has 0 radical (unpaired) electrons. The highest BCUT2D eigenvalue weighted by Gasteiger charge is 2.30. The fourth-order valence-electron chi connectivity index (χ4n) is 1.57. The molecule has 0 aliphatic heterocycles. The summed E-state index contributed by atoms with van der Waals surface area (Å²) in [5, 5.41) is 0. The molecule has 0 aromatic rings. The van der Waals surface area contributed by atoms with E-state index >= 15 is 0 Å². The first-order valence-corrected chi connectivity index (χ1v) is 8.30. The van der Waals surface area contributed by atoms with E-state index in [4.69, 9.17) is 20.5 Å². The summed E-state index contributed by atoms with van der Waals surface area (Å²) in [6.45, 7) is 4.38. The molecule has 0 bridgehead atoms. The van der Waals surface area contributed by atoms with E-state index in [0.29, 0.717) is 5.92 Å². The zero-order valence-corrected chi connectivity index (χ0v) is 11.6. The number of hydrogen-bond donors (Lipinski definition) is 0. The molecule has 1 unspecified atom stereocenters. The first-order chi connectivity index (χ1) is 6.58. The van der Waals surface area contributed by atoms with Crippen molar-refractivity contribution < 1.29 is 8.85 Å². The van der Waals surface area contributed by atoms with Crippen molar-refractivity contribution in [2.45, 2.75) is 38.8 Å². The van der Waals surface area contributed by atoms with Crippen LogP contribution in [0.5, 0.6) is 0 Å². The molecule has 0 fully saturated rings. The van der Waals surface area contributed by atoms with Gasteiger partial charge < -0.3 is 8.85 Å². The second kappa shape index (κ2) is 7.68.